The quantitative estimate of drug-likeness (QED) is 0.725. The van der Waals surface area contributed by atoms with Crippen molar-refractivity contribution < 1.29 is 17.9 Å². The molecule has 144 valence electrons. The summed E-state index contributed by atoms with van der Waals surface area (Å²) in [6, 6.07) is 8.26. The van der Waals surface area contributed by atoms with Gasteiger partial charge in [0.25, 0.3) is 0 Å². The normalized spacial score (nSPS) is 15.1. The summed E-state index contributed by atoms with van der Waals surface area (Å²) in [4.78, 5) is 4.17. The third kappa shape index (κ3) is 4.72. The van der Waals surface area contributed by atoms with Crippen LogP contribution < -0.4 is 15.4 Å². The van der Waals surface area contributed by atoms with E-state index in [1.807, 2.05) is 6.07 Å². The van der Waals surface area contributed by atoms with Gasteiger partial charge in [-0.1, -0.05) is 0 Å². The number of anilines is 2. The van der Waals surface area contributed by atoms with E-state index in [1.54, 1.807) is 24.5 Å². The highest BCUT2D eigenvalue weighted by molar-refractivity contribution is 7.89. The molecule has 0 atom stereocenters. The smallest absolute Gasteiger partial charge is 0.243 e. The lowest BCUT2D eigenvalue weighted by Crippen LogP contribution is -2.40. The van der Waals surface area contributed by atoms with E-state index in [0.717, 1.165) is 5.69 Å². The summed E-state index contributed by atoms with van der Waals surface area (Å²) < 4.78 is 37.5. The van der Waals surface area contributed by atoms with Crippen LogP contribution in [0.4, 0.5) is 11.4 Å². The monoisotopic (exact) mass is 408 g/mol. The van der Waals surface area contributed by atoms with Crippen molar-refractivity contribution in [1.29, 1.82) is 0 Å². The largest absolute Gasteiger partial charge is 0.495 e. The molecular formula is C17H20N4O4S2. The van der Waals surface area contributed by atoms with E-state index in [1.165, 1.54) is 23.5 Å². The van der Waals surface area contributed by atoms with Crippen LogP contribution in [0.1, 0.15) is 0 Å². The van der Waals surface area contributed by atoms with Crippen molar-refractivity contribution in [3.05, 3.63) is 42.7 Å². The summed E-state index contributed by atoms with van der Waals surface area (Å²) in [5.74, 6) is 0.375. The number of methoxy groups -OCH3 is 1. The van der Waals surface area contributed by atoms with Gasteiger partial charge in [0.2, 0.25) is 10.0 Å². The maximum absolute atomic E-state index is 12.8. The number of thiocarbonyl (C=S) groups is 1. The van der Waals surface area contributed by atoms with E-state index in [2.05, 4.69) is 15.6 Å². The first-order valence-corrected chi connectivity index (χ1v) is 10.1. The van der Waals surface area contributed by atoms with Gasteiger partial charge in [0.1, 0.15) is 5.75 Å². The molecule has 0 unspecified atom stereocenters. The molecule has 0 spiro atoms. The van der Waals surface area contributed by atoms with Crippen LogP contribution in [-0.2, 0) is 14.8 Å². The average molecular weight is 409 g/mol. The zero-order chi connectivity index (χ0) is 19.3. The molecule has 1 aliphatic heterocycles. The third-order valence-electron chi connectivity index (χ3n) is 3.95. The Labute approximate surface area is 163 Å². The average Bonchev–Trinajstić information content (AvgIpc) is 2.69. The molecule has 0 aliphatic carbocycles. The fraction of sp³-hybridized carbons (Fsp3) is 0.294. The topological polar surface area (TPSA) is 92.8 Å². The molecule has 2 N–H and O–H groups in total. The van der Waals surface area contributed by atoms with Crippen molar-refractivity contribution in [2.24, 2.45) is 0 Å². The van der Waals surface area contributed by atoms with Gasteiger partial charge >= 0.3 is 0 Å². The van der Waals surface area contributed by atoms with Crippen molar-refractivity contribution >= 4 is 38.7 Å². The molecule has 2 heterocycles. The Morgan fingerprint density at radius 3 is 2.70 bits per heavy atom. The maximum Gasteiger partial charge on any atom is 0.243 e. The second-order valence-corrected chi connectivity index (χ2v) is 8.05. The number of hydrogen-bond acceptors (Lipinski definition) is 6. The summed E-state index contributed by atoms with van der Waals surface area (Å²) in [5.41, 5.74) is 1.29. The molecule has 1 saturated heterocycles. The molecule has 1 aliphatic rings. The molecule has 3 rings (SSSR count). The SMILES string of the molecule is COc1cc(S(=O)(=O)N2CCOCC2)ccc1NC(=S)Nc1cccnc1. The van der Waals surface area contributed by atoms with Crippen molar-refractivity contribution in [3.8, 4) is 5.75 Å². The van der Waals surface area contributed by atoms with Gasteiger partial charge in [0.15, 0.2) is 5.11 Å². The number of hydrogen-bond donors (Lipinski definition) is 2. The Kier molecular flexibility index (Phi) is 6.22. The number of ether oxygens (including phenoxy) is 2. The second-order valence-electron chi connectivity index (χ2n) is 5.70. The minimum Gasteiger partial charge on any atom is -0.495 e. The number of benzene rings is 1. The van der Waals surface area contributed by atoms with Crippen molar-refractivity contribution in [1.82, 2.24) is 9.29 Å². The molecule has 2 aromatic rings. The molecule has 0 saturated carbocycles. The van der Waals surface area contributed by atoms with Crippen LogP contribution in [0.2, 0.25) is 0 Å². The fourth-order valence-electron chi connectivity index (χ4n) is 2.59. The molecule has 0 radical (unpaired) electrons. The Bertz CT molecular complexity index is 900. The van der Waals surface area contributed by atoms with Gasteiger partial charge < -0.3 is 20.1 Å². The summed E-state index contributed by atoms with van der Waals surface area (Å²) in [5, 5.41) is 6.35. The van der Waals surface area contributed by atoms with Gasteiger partial charge in [-0.25, -0.2) is 8.42 Å². The van der Waals surface area contributed by atoms with E-state index in [-0.39, 0.29) is 4.90 Å². The lowest BCUT2D eigenvalue weighted by molar-refractivity contribution is 0.0730. The van der Waals surface area contributed by atoms with Gasteiger partial charge in [-0.15, -0.1) is 0 Å². The molecule has 0 bridgehead atoms. The van der Waals surface area contributed by atoms with E-state index in [4.69, 9.17) is 21.7 Å². The van der Waals surface area contributed by atoms with Crippen LogP contribution in [0.15, 0.2) is 47.6 Å². The van der Waals surface area contributed by atoms with Gasteiger partial charge in [-0.05, 0) is 36.5 Å². The predicted molar refractivity (Wildman–Crippen MR) is 107 cm³/mol. The number of pyridine rings is 1. The predicted octanol–water partition coefficient (Wildman–Crippen LogP) is 1.92. The van der Waals surface area contributed by atoms with Crippen molar-refractivity contribution in [2.45, 2.75) is 4.90 Å². The molecule has 27 heavy (non-hydrogen) atoms. The fourth-order valence-corrected chi connectivity index (χ4v) is 4.24. The number of rotatable bonds is 5. The minimum atomic E-state index is -3.60. The van der Waals surface area contributed by atoms with Crippen LogP contribution in [0.5, 0.6) is 5.75 Å². The first kappa shape index (κ1) is 19.5. The van der Waals surface area contributed by atoms with Gasteiger partial charge in [-0.2, -0.15) is 4.31 Å². The summed E-state index contributed by atoms with van der Waals surface area (Å²) in [6.45, 7) is 1.46. The second kappa shape index (κ2) is 8.61. The summed E-state index contributed by atoms with van der Waals surface area (Å²) >= 11 is 5.29. The van der Waals surface area contributed by atoms with E-state index in [9.17, 15) is 8.42 Å². The first-order valence-electron chi connectivity index (χ1n) is 8.24. The summed E-state index contributed by atoms with van der Waals surface area (Å²) in [7, 11) is -2.12. The number of morpholine rings is 1. The Hall–Kier alpha value is -2.27. The van der Waals surface area contributed by atoms with E-state index >= 15 is 0 Å². The van der Waals surface area contributed by atoms with Gasteiger partial charge in [0, 0.05) is 25.4 Å². The Balaban J connectivity index is 1.77. The van der Waals surface area contributed by atoms with Crippen molar-refractivity contribution in [2.75, 3.05) is 44.0 Å². The van der Waals surface area contributed by atoms with Crippen LogP contribution in [0.3, 0.4) is 0 Å². The Morgan fingerprint density at radius 1 is 1.26 bits per heavy atom. The van der Waals surface area contributed by atoms with Crippen LogP contribution >= 0.6 is 12.2 Å². The highest BCUT2D eigenvalue weighted by Crippen LogP contribution is 2.29. The van der Waals surface area contributed by atoms with Crippen molar-refractivity contribution in [3.63, 3.8) is 0 Å². The lowest BCUT2D eigenvalue weighted by atomic mass is 10.3. The molecule has 1 fully saturated rings. The minimum absolute atomic E-state index is 0.165. The Morgan fingerprint density at radius 2 is 2.04 bits per heavy atom. The standard InChI is InChI=1S/C17H20N4O4S2/c1-24-16-11-14(27(22,23)21-7-9-25-10-8-21)4-5-15(16)20-17(26)19-13-3-2-6-18-12-13/h2-6,11-12H,7-10H2,1H3,(H2,19,20,26). The molecule has 1 aromatic carbocycles. The molecular weight excluding hydrogens is 388 g/mol. The number of nitrogens with one attached hydrogen (secondary N) is 2. The first-order chi connectivity index (χ1) is 13.0. The molecule has 0 amide bonds. The molecule has 1 aromatic heterocycles. The van der Waals surface area contributed by atoms with Crippen LogP contribution in [0, 0.1) is 0 Å². The maximum atomic E-state index is 12.8. The third-order valence-corrected chi connectivity index (χ3v) is 6.05. The molecule has 10 heteroatoms. The van der Waals surface area contributed by atoms with Crippen LogP contribution in [0.25, 0.3) is 0 Å². The van der Waals surface area contributed by atoms with Crippen LogP contribution in [-0.4, -0.2) is 56.2 Å². The van der Waals surface area contributed by atoms with E-state index < -0.39 is 10.0 Å². The highest BCUT2D eigenvalue weighted by atomic mass is 32.2. The number of sulfonamides is 1. The molecule has 8 nitrogen and oxygen atoms in total. The van der Waals surface area contributed by atoms with Gasteiger partial charge in [-0.3, -0.25) is 4.98 Å². The highest BCUT2D eigenvalue weighted by Gasteiger charge is 2.27. The number of nitrogens with zero attached hydrogens (tertiary/aromatic N) is 2. The van der Waals surface area contributed by atoms with E-state index in [0.29, 0.717) is 42.9 Å². The lowest BCUT2D eigenvalue weighted by Gasteiger charge is -2.26. The number of aromatic nitrogens is 1. The zero-order valence-corrected chi connectivity index (χ0v) is 16.3. The summed E-state index contributed by atoms with van der Waals surface area (Å²) in [6.07, 6.45) is 3.31. The zero-order valence-electron chi connectivity index (χ0n) is 14.7. The van der Waals surface area contributed by atoms with Gasteiger partial charge in [0.05, 0.1) is 42.8 Å².